The van der Waals surface area contributed by atoms with Crippen LogP contribution in [0.25, 0.3) is 0 Å². The Morgan fingerprint density at radius 1 is 1.54 bits per heavy atom. The first-order valence-corrected chi connectivity index (χ1v) is 5.13. The minimum Gasteiger partial charge on any atom is -0.481 e. The second-order valence-corrected chi connectivity index (χ2v) is 4.21. The minimum atomic E-state index is -0.743. The lowest BCUT2D eigenvalue weighted by molar-refractivity contribution is -0.136. The highest BCUT2D eigenvalue weighted by atomic mass is 32.2. The lowest BCUT2D eigenvalue weighted by atomic mass is 9.92. The first-order chi connectivity index (χ1) is 6.27. The zero-order chi connectivity index (χ0) is 9.26. The summed E-state index contributed by atoms with van der Waals surface area (Å²) < 4.78 is 0. The Balaban J connectivity index is 2.14. The number of rotatable bonds is 2. The van der Waals surface area contributed by atoms with Gasteiger partial charge in [0.1, 0.15) is 0 Å². The molecule has 1 aliphatic heterocycles. The first-order valence-electron chi connectivity index (χ1n) is 4.18. The van der Waals surface area contributed by atoms with Crippen molar-refractivity contribution in [3.8, 4) is 0 Å². The monoisotopic (exact) mass is 194 g/mol. The molecule has 2 rings (SSSR count). The van der Waals surface area contributed by atoms with E-state index in [1.165, 1.54) is 0 Å². The van der Waals surface area contributed by atoms with Gasteiger partial charge in [-0.3, -0.25) is 4.79 Å². The van der Waals surface area contributed by atoms with Crippen LogP contribution in [0.5, 0.6) is 0 Å². The normalized spacial score (nSPS) is 30.0. The van der Waals surface area contributed by atoms with Crippen molar-refractivity contribution in [2.24, 2.45) is 5.92 Å². The van der Waals surface area contributed by atoms with E-state index in [4.69, 9.17) is 5.11 Å². The van der Waals surface area contributed by atoms with Crippen LogP contribution < -0.4 is 0 Å². The van der Waals surface area contributed by atoms with Gasteiger partial charge in [0.25, 0.3) is 0 Å². The van der Waals surface area contributed by atoms with Crippen LogP contribution in [-0.2, 0) is 4.79 Å². The largest absolute Gasteiger partial charge is 0.481 e. The summed E-state index contributed by atoms with van der Waals surface area (Å²) in [7, 11) is 0. The zero-order valence-corrected chi connectivity index (χ0v) is 7.83. The molecular weight excluding hydrogens is 184 g/mol. The van der Waals surface area contributed by atoms with Gasteiger partial charge >= 0.3 is 5.97 Å². The summed E-state index contributed by atoms with van der Waals surface area (Å²) in [6.45, 7) is 0. The van der Waals surface area contributed by atoms with E-state index in [-0.39, 0.29) is 6.42 Å². The lowest BCUT2D eigenvalue weighted by Gasteiger charge is -2.20. The first kappa shape index (κ1) is 8.63. The quantitative estimate of drug-likeness (QED) is 0.732. The average Bonchev–Trinajstić information content (AvgIpc) is 2.51. The molecule has 0 bridgehead atoms. The molecule has 1 aliphatic carbocycles. The summed E-state index contributed by atoms with van der Waals surface area (Å²) in [5.41, 5.74) is 1.02. The summed E-state index contributed by atoms with van der Waals surface area (Å²) in [4.78, 5) is 10.6. The van der Waals surface area contributed by atoms with Gasteiger partial charge in [-0.15, -0.1) is 11.8 Å². The Morgan fingerprint density at radius 2 is 2.38 bits per heavy atom. The molecule has 0 aromatic carbocycles. The van der Waals surface area contributed by atoms with E-state index in [2.05, 4.69) is 17.6 Å². The molecule has 2 nitrogen and oxygen atoms in total. The molecule has 3 heteroatoms. The van der Waals surface area contributed by atoms with Crippen molar-refractivity contribution in [3.05, 3.63) is 35.3 Å². The van der Waals surface area contributed by atoms with E-state index in [0.717, 1.165) is 5.57 Å². The Kier molecular flexibility index (Phi) is 2.27. The van der Waals surface area contributed by atoms with E-state index in [9.17, 15) is 4.79 Å². The molecule has 68 valence electrons. The van der Waals surface area contributed by atoms with Gasteiger partial charge in [-0.2, -0.15) is 0 Å². The number of aliphatic carboxylic acids is 1. The van der Waals surface area contributed by atoms with Crippen molar-refractivity contribution in [2.75, 3.05) is 0 Å². The molecule has 1 N–H and O–H groups in total. The Labute approximate surface area is 81.0 Å². The van der Waals surface area contributed by atoms with Crippen molar-refractivity contribution >= 4 is 17.7 Å². The maximum absolute atomic E-state index is 10.6. The fourth-order valence-corrected chi connectivity index (χ4v) is 2.79. The fourth-order valence-electron chi connectivity index (χ4n) is 1.65. The standard InChI is InChI=1S/C10H10O2S/c11-9(12)6-8-3-1-2-7-4-5-13-10(7)8/h1-5,7,10H,6H2,(H,11,12). The molecule has 0 radical (unpaired) electrons. The van der Waals surface area contributed by atoms with Crippen molar-refractivity contribution in [2.45, 2.75) is 11.7 Å². The number of thioether (sulfide) groups is 1. The number of fused-ring (bicyclic) bond motifs is 1. The molecule has 0 amide bonds. The highest BCUT2D eigenvalue weighted by Gasteiger charge is 2.27. The Morgan fingerprint density at radius 3 is 3.15 bits per heavy atom. The SMILES string of the molecule is O=C(O)CC1=CC=CC2C=CSC12. The van der Waals surface area contributed by atoms with Gasteiger partial charge < -0.3 is 5.11 Å². The molecule has 0 aromatic rings. The molecule has 13 heavy (non-hydrogen) atoms. The van der Waals surface area contributed by atoms with Crippen LogP contribution in [0.2, 0.25) is 0 Å². The van der Waals surface area contributed by atoms with Crippen molar-refractivity contribution in [3.63, 3.8) is 0 Å². The maximum atomic E-state index is 10.6. The van der Waals surface area contributed by atoms with E-state index in [0.29, 0.717) is 11.2 Å². The number of allylic oxidation sites excluding steroid dienone is 4. The summed E-state index contributed by atoms with van der Waals surface area (Å²) in [6.07, 6.45) is 8.29. The topological polar surface area (TPSA) is 37.3 Å². The second kappa shape index (κ2) is 3.42. The third-order valence-electron chi connectivity index (χ3n) is 2.24. The highest BCUT2D eigenvalue weighted by molar-refractivity contribution is 8.03. The number of carboxylic acids is 1. The predicted octanol–water partition coefficient (Wildman–Crippen LogP) is 2.20. The molecule has 0 fully saturated rings. The summed E-state index contributed by atoms with van der Waals surface area (Å²) in [6, 6.07) is 0. The van der Waals surface area contributed by atoms with Crippen molar-refractivity contribution < 1.29 is 9.90 Å². The minimum absolute atomic E-state index is 0.167. The van der Waals surface area contributed by atoms with Crippen LogP contribution in [0.4, 0.5) is 0 Å². The molecule has 0 saturated carbocycles. The number of hydrogen-bond acceptors (Lipinski definition) is 2. The number of carboxylic acid groups (broad SMARTS) is 1. The van der Waals surface area contributed by atoms with Crippen LogP contribution in [0.3, 0.4) is 0 Å². The fraction of sp³-hybridized carbons (Fsp3) is 0.300. The average molecular weight is 194 g/mol. The van der Waals surface area contributed by atoms with Gasteiger partial charge in [-0.1, -0.05) is 24.3 Å². The van der Waals surface area contributed by atoms with E-state index in [1.807, 2.05) is 12.2 Å². The van der Waals surface area contributed by atoms with E-state index >= 15 is 0 Å². The molecule has 0 saturated heterocycles. The molecule has 0 aromatic heterocycles. The Bertz CT molecular complexity index is 315. The highest BCUT2D eigenvalue weighted by Crippen LogP contribution is 2.38. The van der Waals surface area contributed by atoms with Crippen LogP contribution in [-0.4, -0.2) is 16.3 Å². The van der Waals surface area contributed by atoms with E-state index < -0.39 is 5.97 Å². The van der Waals surface area contributed by atoms with Gasteiger partial charge in [-0.25, -0.2) is 0 Å². The van der Waals surface area contributed by atoms with Gasteiger partial charge in [-0.05, 0) is 11.0 Å². The van der Waals surface area contributed by atoms with E-state index in [1.54, 1.807) is 11.8 Å². The summed E-state index contributed by atoms with van der Waals surface area (Å²) in [5.74, 6) is -0.336. The Hall–Kier alpha value is -0.960. The molecule has 1 heterocycles. The molecular formula is C10H10O2S. The van der Waals surface area contributed by atoms with Gasteiger partial charge in [0.15, 0.2) is 0 Å². The number of hydrogen-bond donors (Lipinski definition) is 1. The van der Waals surface area contributed by atoms with Crippen LogP contribution >= 0.6 is 11.8 Å². The summed E-state index contributed by atoms with van der Waals surface area (Å²) in [5, 5.41) is 11.1. The molecule has 2 unspecified atom stereocenters. The summed E-state index contributed by atoms with van der Waals surface area (Å²) >= 11 is 1.71. The molecule has 0 spiro atoms. The third-order valence-corrected chi connectivity index (χ3v) is 3.46. The number of carbonyl (C=O) groups is 1. The third kappa shape index (κ3) is 1.70. The van der Waals surface area contributed by atoms with Gasteiger partial charge in [0, 0.05) is 11.2 Å². The van der Waals surface area contributed by atoms with Crippen molar-refractivity contribution in [1.29, 1.82) is 0 Å². The molecule has 2 atom stereocenters. The van der Waals surface area contributed by atoms with Crippen LogP contribution in [0, 0.1) is 5.92 Å². The predicted molar refractivity (Wildman–Crippen MR) is 53.5 cm³/mol. The second-order valence-electron chi connectivity index (χ2n) is 3.16. The van der Waals surface area contributed by atoms with Crippen molar-refractivity contribution in [1.82, 2.24) is 0 Å². The maximum Gasteiger partial charge on any atom is 0.307 e. The smallest absolute Gasteiger partial charge is 0.307 e. The van der Waals surface area contributed by atoms with Gasteiger partial charge in [0.2, 0.25) is 0 Å². The van der Waals surface area contributed by atoms with Crippen LogP contribution in [0.15, 0.2) is 35.3 Å². The van der Waals surface area contributed by atoms with Crippen LogP contribution in [0.1, 0.15) is 6.42 Å². The van der Waals surface area contributed by atoms with Gasteiger partial charge in [0.05, 0.1) is 6.42 Å². The molecule has 2 aliphatic rings. The lowest BCUT2D eigenvalue weighted by Crippen LogP contribution is -2.17. The zero-order valence-electron chi connectivity index (χ0n) is 7.01.